The summed E-state index contributed by atoms with van der Waals surface area (Å²) < 4.78 is 4.76. The van der Waals surface area contributed by atoms with Gasteiger partial charge in [-0.05, 0) is 12.3 Å². The van der Waals surface area contributed by atoms with Crippen molar-refractivity contribution in [2.24, 2.45) is 5.92 Å². The minimum atomic E-state index is -1.05. The van der Waals surface area contributed by atoms with Crippen LogP contribution in [-0.4, -0.2) is 49.2 Å². The second-order valence-electron chi connectivity index (χ2n) is 5.26. The molecule has 0 heterocycles. The van der Waals surface area contributed by atoms with Crippen molar-refractivity contribution in [2.45, 2.75) is 38.5 Å². The Morgan fingerprint density at radius 1 is 1.10 bits per heavy atom. The molecular weight excluding hydrogens is 276 g/mol. The van der Waals surface area contributed by atoms with Gasteiger partial charge in [-0.25, -0.2) is 4.79 Å². The van der Waals surface area contributed by atoms with Gasteiger partial charge in [0.25, 0.3) is 0 Å². The lowest BCUT2D eigenvalue weighted by Gasteiger charge is -2.09. The fourth-order valence-corrected chi connectivity index (χ4v) is 2.39. The quantitative estimate of drug-likeness (QED) is 0.503. The molecule has 0 aromatic carbocycles. The van der Waals surface area contributed by atoms with Crippen LogP contribution in [0, 0.1) is 5.92 Å². The molecule has 1 aliphatic rings. The van der Waals surface area contributed by atoms with E-state index in [1.807, 2.05) is 0 Å². The maximum atomic E-state index is 11.6. The van der Waals surface area contributed by atoms with Crippen LogP contribution in [0.15, 0.2) is 0 Å². The van der Waals surface area contributed by atoms with Crippen LogP contribution in [0.5, 0.6) is 0 Å². The Hall–Kier alpha value is -1.63. The maximum absolute atomic E-state index is 11.6. The second-order valence-corrected chi connectivity index (χ2v) is 5.26. The number of rotatable bonds is 10. The highest BCUT2D eigenvalue weighted by Gasteiger charge is 2.16. The smallest absolute Gasteiger partial charge is 0.329 e. The predicted molar refractivity (Wildman–Crippen MR) is 75.7 cm³/mol. The van der Waals surface area contributed by atoms with Crippen LogP contribution in [0.1, 0.15) is 38.5 Å². The van der Waals surface area contributed by atoms with E-state index in [0.29, 0.717) is 12.3 Å². The van der Waals surface area contributed by atoms with E-state index in [4.69, 9.17) is 9.84 Å². The van der Waals surface area contributed by atoms with Crippen molar-refractivity contribution in [3.05, 3.63) is 0 Å². The lowest BCUT2D eigenvalue weighted by Crippen LogP contribution is -2.38. The SMILES string of the molecule is O=C(O)COCCNC(=O)CNC(=O)CCC1CCCC1. The molecule has 0 aromatic heterocycles. The zero-order chi connectivity index (χ0) is 15.5. The van der Waals surface area contributed by atoms with E-state index < -0.39 is 5.97 Å². The summed E-state index contributed by atoms with van der Waals surface area (Å²) in [5, 5.41) is 13.5. The molecule has 120 valence electrons. The average Bonchev–Trinajstić information content (AvgIpc) is 2.95. The molecular formula is C14H24N2O5. The van der Waals surface area contributed by atoms with E-state index in [2.05, 4.69) is 10.6 Å². The molecule has 0 spiro atoms. The third-order valence-corrected chi connectivity index (χ3v) is 3.49. The van der Waals surface area contributed by atoms with Crippen LogP contribution in [0.2, 0.25) is 0 Å². The summed E-state index contributed by atoms with van der Waals surface area (Å²) in [4.78, 5) is 33.2. The van der Waals surface area contributed by atoms with Gasteiger partial charge in [0.05, 0.1) is 13.2 Å². The molecule has 21 heavy (non-hydrogen) atoms. The highest BCUT2D eigenvalue weighted by atomic mass is 16.5. The lowest BCUT2D eigenvalue weighted by molar-refractivity contribution is -0.142. The number of carboxylic acids is 1. The molecule has 1 rings (SSSR count). The number of amides is 2. The Labute approximate surface area is 124 Å². The number of nitrogens with one attached hydrogen (secondary N) is 2. The van der Waals surface area contributed by atoms with Gasteiger partial charge >= 0.3 is 5.97 Å². The van der Waals surface area contributed by atoms with Crippen molar-refractivity contribution in [1.82, 2.24) is 10.6 Å². The number of carboxylic acid groups (broad SMARTS) is 1. The van der Waals surface area contributed by atoms with Gasteiger partial charge in [0, 0.05) is 13.0 Å². The number of ether oxygens (including phenoxy) is 1. The summed E-state index contributed by atoms with van der Waals surface area (Å²) >= 11 is 0. The number of hydrogen-bond acceptors (Lipinski definition) is 4. The summed E-state index contributed by atoms with van der Waals surface area (Å²) in [5.74, 6) is -0.783. The monoisotopic (exact) mass is 300 g/mol. The summed E-state index contributed by atoms with van der Waals surface area (Å²) in [6.45, 7) is -0.0755. The van der Waals surface area contributed by atoms with Gasteiger partial charge in [0.1, 0.15) is 6.61 Å². The second kappa shape index (κ2) is 10.1. The first-order chi connectivity index (χ1) is 10.1. The fraction of sp³-hybridized carbons (Fsp3) is 0.786. The lowest BCUT2D eigenvalue weighted by atomic mass is 10.0. The van der Waals surface area contributed by atoms with Crippen molar-refractivity contribution < 1.29 is 24.2 Å². The highest BCUT2D eigenvalue weighted by Crippen LogP contribution is 2.28. The number of carbonyl (C=O) groups is 3. The van der Waals surface area contributed by atoms with Crippen LogP contribution < -0.4 is 10.6 Å². The molecule has 0 atom stereocenters. The molecule has 7 nitrogen and oxygen atoms in total. The van der Waals surface area contributed by atoms with E-state index in [0.717, 1.165) is 6.42 Å². The van der Waals surface area contributed by atoms with Gasteiger partial charge in [0.2, 0.25) is 11.8 Å². The highest BCUT2D eigenvalue weighted by molar-refractivity contribution is 5.84. The van der Waals surface area contributed by atoms with Crippen LogP contribution in [0.4, 0.5) is 0 Å². The first kappa shape index (κ1) is 17.4. The van der Waals surface area contributed by atoms with Crippen molar-refractivity contribution in [2.75, 3.05) is 26.3 Å². The number of hydrogen-bond donors (Lipinski definition) is 3. The number of aliphatic carboxylic acids is 1. The molecule has 3 N–H and O–H groups in total. The molecule has 0 aromatic rings. The molecule has 1 saturated carbocycles. The van der Waals surface area contributed by atoms with Gasteiger partial charge in [-0.3, -0.25) is 9.59 Å². The first-order valence-electron chi connectivity index (χ1n) is 7.41. The Morgan fingerprint density at radius 3 is 2.48 bits per heavy atom. The first-order valence-corrected chi connectivity index (χ1v) is 7.41. The van der Waals surface area contributed by atoms with Crippen LogP contribution in [0.25, 0.3) is 0 Å². The van der Waals surface area contributed by atoms with Gasteiger partial charge < -0.3 is 20.5 Å². The molecule has 1 aliphatic carbocycles. The van der Waals surface area contributed by atoms with Gasteiger partial charge in [-0.15, -0.1) is 0 Å². The van der Waals surface area contributed by atoms with E-state index >= 15 is 0 Å². The van der Waals surface area contributed by atoms with Crippen LogP contribution in [-0.2, 0) is 19.1 Å². The number of carbonyl (C=O) groups excluding carboxylic acids is 2. The third-order valence-electron chi connectivity index (χ3n) is 3.49. The standard InChI is InChI=1S/C14H24N2O5/c17-12(6-5-11-3-1-2-4-11)16-9-13(18)15-7-8-21-10-14(19)20/h11H,1-10H2,(H,15,18)(H,16,17)(H,19,20). The molecule has 0 aliphatic heterocycles. The van der Waals surface area contributed by atoms with E-state index in [1.165, 1.54) is 25.7 Å². The van der Waals surface area contributed by atoms with Gasteiger partial charge in [0.15, 0.2) is 0 Å². The summed E-state index contributed by atoms with van der Waals surface area (Å²) in [7, 11) is 0. The molecule has 0 bridgehead atoms. The van der Waals surface area contributed by atoms with E-state index in [-0.39, 0.29) is 38.1 Å². The van der Waals surface area contributed by atoms with Crippen molar-refractivity contribution in [3.63, 3.8) is 0 Å². The Kier molecular flexibility index (Phi) is 8.42. The van der Waals surface area contributed by atoms with Crippen LogP contribution >= 0.6 is 0 Å². The third kappa shape index (κ3) is 9.01. The zero-order valence-corrected chi connectivity index (χ0v) is 12.2. The molecule has 0 unspecified atom stereocenters. The fourth-order valence-electron chi connectivity index (χ4n) is 2.39. The molecule has 1 fully saturated rings. The molecule has 7 heteroatoms. The summed E-state index contributed by atoms with van der Waals surface area (Å²) in [6.07, 6.45) is 6.32. The summed E-state index contributed by atoms with van der Waals surface area (Å²) in [6, 6.07) is 0. The Bertz CT molecular complexity index is 353. The Morgan fingerprint density at radius 2 is 1.81 bits per heavy atom. The zero-order valence-electron chi connectivity index (χ0n) is 12.2. The van der Waals surface area contributed by atoms with Crippen molar-refractivity contribution in [3.8, 4) is 0 Å². The normalized spacial score (nSPS) is 14.9. The van der Waals surface area contributed by atoms with Gasteiger partial charge in [-0.2, -0.15) is 0 Å². The summed E-state index contributed by atoms with van der Waals surface area (Å²) in [5.41, 5.74) is 0. The molecule has 0 radical (unpaired) electrons. The van der Waals surface area contributed by atoms with E-state index in [1.54, 1.807) is 0 Å². The largest absolute Gasteiger partial charge is 0.480 e. The van der Waals surface area contributed by atoms with Crippen molar-refractivity contribution in [1.29, 1.82) is 0 Å². The topological polar surface area (TPSA) is 105 Å². The average molecular weight is 300 g/mol. The molecule has 2 amide bonds. The van der Waals surface area contributed by atoms with Crippen LogP contribution in [0.3, 0.4) is 0 Å². The predicted octanol–water partition coefficient (Wildman–Crippen LogP) is 0.290. The van der Waals surface area contributed by atoms with Crippen molar-refractivity contribution >= 4 is 17.8 Å². The van der Waals surface area contributed by atoms with Gasteiger partial charge in [-0.1, -0.05) is 25.7 Å². The maximum Gasteiger partial charge on any atom is 0.329 e. The van der Waals surface area contributed by atoms with E-state index in [9.17, 15) is 14.4 Å². The Balaban J connectivity index is 1.96. The molecule has 0 saturated heterocycles. The minimum absolute atomic E-state index is 0.0531. The minimum Gasteiger partial charge on any atom is -0.480 e.